The van der Waals surface area contributed by atoms with Gasteiger partial charge in [0.25, 0.3) is 0 Å². The van der Waals surface area contributed by atoms with Crippen molar-refractivity contribution in [1.82, 2.24) is 9.80 Å². The first-order valence-electron chi connectivity index (χ1n) is 14.6. The Balaban J connectivity index is 1.80. The third-order valence-electron chi connectivity index (χ3n) is 8.50. The van der Waals surface area contributed by atoms with Gasteiger partial charge in [0.2, 0.25) is 0 Å². The number of hydrogen-bond donors (Lipinski definition) is 0. The van der Waals surface area contributed by atoms with Gasteiger partial charge in [-0.2, -0.15) is 5.26 Å². The molecule has 2 bridgehead atoms. The maximum atomic E-state index is 13.1. The molecule has 1 aromatic carbocycles. The molecule has 3 atom stereocenters. The number of amides is 1. The summed E-state index contributed by atoms with van der Waals surface area (Å²) in [6.07, 6.45) is 0.721. The Morgan fingerprint density at radius 3 is 2.08 bits per heavy atom. The average molecular weight is 572 g/mol. The van der Waals surface area contributed by atoms with Crippen LogP contribution in [0.15, 0.2) is 24.3 Å². The summed E-state index contributed by atoms with van der Waals surface area (Å²) in [6.45, 7) is 21.7. The molecule has 0 aromatic heterocycles. The van der Waals surface area contributed by atoms with Crippen molar-refractivity contribution >= 4 is 20.2 Å². The van der Waals surface area contributed by atoms with E-state index in [-0.39, 0.29) is 40.9 Å². The van der Waals surface area contributed by atoms with Crippen LogP contribution in [0.4, 0.5) is 4.79 Å². The molecule has 2 aliphatic rings. The van der Waals surface area contributed by atoms with Crippen LogP contribution in [0.1, 0.15) is 66.9 Å². The number of Topliss-reactive ketones (excluding diaryl/α,β-unsaturated/α-hetero) is 1. The van der Waals surface area contributed by atoms with Gasteiger partial charge in [-0.25, -0.2) is 4.79 Å². The van der Waals surface area contributed by atoms with Gasteiger partial charge in [-0.3, -0.25) is 9.69 Å². The highest BCUT2D eigenvalue weighted by atomic mass is 28.4. The lowest BCUT2D eigenvalue weighted by Gasteiger charge is -2.53. The summed E-state index contributed by atoms with van der Waals surface area (Å²) in [5.41, 5.74) is 0.0358. The molecular weight excluding hydrogens is 522 g/mol. The van der Waals surface area contributed by atoms with E-state index in [9.17, 15) is 9.59 Å². The number of likely N-dealkylation sites (tertiary alicyclic amines) is 2. The summed E-state index contributed by atoms with van der Waals surface area (Å²) in [5.74, 6) is 1.00. The van der Waals surface area contributed by atoms with Gasteiger partial charge < -0.3 is 18.8 Å². The van der Waals surface area contributed by atoms with Gasteiger partial charge in [-0.05, 0) is 75.0 Å². The second-order valence-corrected chi connectivity index (χ2v) is 18.6. The number of carbonyl (C=O) groups is 2. The second kappa shape index (κ2) is 12.6. The van der Waals surface area contributed by atoms with Gasteiger partial charge in [0.05, 0.1) is 18.2 Å². The maximum absolute atomic E-state index is 13.1. The first kappa shape index (κ1) is 32.1. The fraction of sp³-hybridized carbons (Fsp3) is 0.710. The molecule has 9 heteroatoms. The highest BCUT2D eigenvalue weighted by molar-refractivity contribution is 6.74. The minimum Gasteiger partial charge on any atom is -0.493 e. The molecule has 3 rings (SSSR count). The Morgan fingerprint density at radius 1 is 1.02 bits per heavy atom. The molecule has 0 spiro atoms. The molecule has 2 fully saturated rings. The number of piperidine rings is 2. The summed E-state index contributed by atoms with van der Waals surface area (Å²) >= 11 is 0. The Labute approximate surface area is 242 Å². The summed E-state index contributed by atoms with van der Waals surface area (Å²) in [5, 5.41) is 9.11. The standard InChI is InChI=1S/C31H49N3O5Si/c1-10-26(35)28-23-18-33(19-24(28)21-34(20-23)29(36)38-30(2,3)4)27(39-40(8,9)31(5,6)7)15-16-37-25-13-11-22(17-32)12-14-25/h11-14,23-24,27-28H,10,15-16,18-21H2,1-9H3. The van der Waals surface area contributed by atoms with Crippen molar-refractivity contribution in [2.45, 2.75) is 91.3 Å². The predicted molar refractivity (Wildman–Crippen MR) is 158 cm³/mol. The number of nitriles is 1. The number of carbonyl (C=O) groups excluding carboxylic acids is 2. The zero-order chi connectivity index (χ0) is 29.9. The first-order chi connectivity index (χ1) is 18.5. The van der Waals surface area contributed by atoms with Crippen molar-refractivity contribution in [3.8, 4) is 11.8 Å². The summed E-state index contributed by atoms with van der Waals surface area (Å²) in [6, 6.07) is 9.28. The first-order valence-corrected chi connectivity index (χ1v) is 17.5. The van der Waals surface area contributed by atoms with Crippen molar-refractivity contribution in [3.63, 3.8) is 0 Å². The molecule has 8 nitrogen and oxygen atoms in total. The van der Waals surface area contributed by atoms with Crippen molar-refractivity contribution in [2.24, 2.45) is 17.8 Å². The highest BCUT2D eigenvalue weighted by Crippen LogP contribution is 2.41. The Bertz CT molecular complexity index is 1050. The van der Waals surface area contributed by atoms with Gasteiger partial charge >= 0.3 is 6.09 Å². The Kier molecular flexibility index (Phi) is 10.1. The quantitative estimate of drug-likeness (QED) is 0.332. The summed E-state index contributed by atoms with van der Waals surface area (Å²) in [7, 11) is -2.12. The molecule has 40 heavy (non-hydrogen) atoms. The molecule has 1 amide bonds. The van der Waals surface area contributed by atoms with Gasteiger partial charge in [0, 0.05) is 44.9 Å². The lowest BCUT2D eigenvalue weighted by atomic mass is 9.71. The van der Waals surface area contributed by atoms with Gasteiger partial charge in [-0.1, -0.05) is 27.7 Å². The van der Waals surface area contributed by atoms with Crippen LogP contribution in [0.5, 0.6) is 5.75 Å². The number of ether oxygens (including phenoxy) is 2. The Morgan fingerprint density at radius 2 is 1.60 bits per heavy atom. The van der Waals surface area contributed by atoms with E-state index in [1.165, 1.54) is 0 Å². The van der Waals surface area contributed by atoms with E-state index < -0.39 is 13.9 Å². The topological polar surface area (TPSA) is 92.1 Å². The summed E-state index contributed by atoms with van der Waals surface area (Å²) in [4.78, 5) is 30.2. The van der Waals surface area contributed by atoms with E-state index >= 15 is 0 Å². The molecule has 0 N–H and O–H groups in total. The van der Waals surface area contributed by atoms with Crippen LogP contribution in [0.3, 0.4) is 0 Å². The molecule has 0 radical (unpaired) electrons. The fourth-order valence-electron chi connectivity index (χ4n) is 5.48. The molecule has 2 aliphatic heterocycles. The van der Waals surface area contributed by atoms with Crippen LogP contribution >= 0.6 is 0 Å². The molecule has 2 heterocycles. The average Bonchev–Trinajstić information content (AvgIpc) is 2.85. The van der Waals surface area contributed by atoms with Gasteiger partial charge in [0.15, 0.2) is 8.32 Å². The fourth-order valence-corrected chi connectivity index (χ4v) is 6.78. The number of fused-ring (bicyclic) bond motifs is 2. The lowest BCUT2D eigenvalue weighted by molar-refractivity contribution is -0.139. The molecule has 0 aliphatic carbocycles. The predicted octanol–water partition coefficient (Wildman–Crippen LogP) is 6.07. The monoisotopic (exact) mass is 571 g/mol. The number of nitrogens with zero attached hydrogens (tertiary/aromatic N) is 3. The number of benzene rings is 1. The number of ketones is 1. The molecule has 222 valence electrons. The third kappa shape index (κ3) is 8.08. The zero-order valence-corrected chi connectivity index (χ0v) is 27.0. The Hall–Kier alpha value is -2.41. The highest BCUT2D eigenvalue weighted by Gasteiger charge is 2.49. The van der Waals surface area contributed by atoms with Crippen molar-refractivity contribution < 1.29 is 23.5 Å². The van der Waals surface area contributed by atoms with E-state index in [1.54, 1.807) is 17.0 Å². The number of hydrogen-bond acceptors (Lipinski definition) is 7. The summed E-state index contributed by atoms with van der Waals surface area (Å²) < 4.78 is 18.8. The van der Waals surface area contributed by atoms with Crippen LogP contribution < -0.4 is 4.74 Å². The van der Waals surface area contributed by atoms with Crippen molar-refractivity contribution in [2.75, 3.05) is 32.8 Å². The van der Waals surface area contributed by atoms with Crippen LogP contribution in [0, 0.1) is 29.1 Å². The second-order valence-electron chi connectivity index (χ2n) is 13.8. The van der Waals surface area contributed by atoms with Crippen LogP contribution in [0.25, 0.3) is 0 Å². The molecular formula is C31H49N3O5Si. The minimum atomic E-state index is -2.12. The smallest absolute Gasteiger partial charge is 0.410 e. The van der Waals surface area contributed by atoms with Crippen molar-refractivity contribution in [3.05, 3.63) is 29.8 Å². The zero-order valence-electron chi connectivity index (χ0n) is 26.0. The van der Waals surface area contributed by atoms with Crippen molar-refractivity contribution in [1.29, 1.82) is 5.26 Å². The van der Waals surface area contributed by atoms with E-state index in [2.05, 4.69) is 44.8 Å². The molecule has 3 unspecified atom stereocenters. The molecule has 1 aromatic rings. The molecule has 2 saturated heterocycles. The largest absolute Gasteiger partial charge is 0.493 e. The van der Waals surface area contributed by atoms with Crippen LogP contribution in [-0.4, -0.2) is 74.6 Å². The number of rotatable bonds is 9. The minimum absolute atomic E-state index is 0.0254. The van der Waals surface area contributed by atoms with Gasteiger partial charge in [-0.15, -0.1) is 0 Å². The third-order valence-corrected chi connectivity index (χ3v) is 13.0. The SMILES string of the molecule is CCC(=O)C1C2CN(C(=O)OC(C)(C)C)CC1CN(C(CCOc1ccc(C#N)cc1)O[Si](C)(C)C(C)(C)C)C2. The van der Waals surface area contributed by atoms with Gasteiger partial charge in [0.1, 0.15) is 23.4 Å². The van der Waals surface area contributed by atoms with E-state index in [1.807, 2.05) is 39.8 Å². The molecule has 0 saturated carbocycles. The lowest BCUT2D eigenvalue weighted by Crippen LogP contribution is -2.63. The van der Waals surface area contributed by atoms with E-state index in [0.717, 1.165) is 5.75 Å². The van der Waals surface area contributed by atoms with E-state index in [0.29, 0.717) is 51.2 Å². The van der Waals surface area contributed by atoms with Crippen LogP contribution in [0.2, 0.25) is 18.1 Å². The maximum Gasteiger partial charge on any atom is 0.410 e. The van der Waals surface area contributed by atoms with Crippen LogP contribution in [-0.2, 0) is 14.0 Å². The normalized spacial score (nSPS) is 22.8. The van der Waals surface area contributed by atoms with E-state index in [4.69, 9.17) is 19.2 Å².